The highest BCUT2D eigenvalue weighted by Crippen LogP contribution is 2.44. The van der Waals surface area contributed by atoms with Crippen molar-refractivity contribution in [3.8, 4) is 11.1 Å². The Kier molecular flexibility index (Phi) is 6.26. The number of amides is 2. The fourth-order valence-electron chi connectivity index (χ4n) is 6.08. The number of aliphatic carboxylic acids is 1. The SMILES string of the molecule is CCC1(C(=O)O)CCN(C(=O)C2CCC(NC(=O)OCC3c4ccccc4-c4ccccc43)C2)C1. The monoisotopic (exact) mass is 476 g/mol. The van der Waals surface area contributed by atoms with E-state index in [0.29, 0.717) is 38.6 Å². The molecule has 2 amide bonds. The van der Waals surface area contributed by atoms with Crippen molar-refractivity contribution in [1.29, 1.82) is 0 Å². The Morgan fingerprint density at radius 3 is 2.31 bits per heavy atom. The summed E-state index contributed by atoms with van der Waals surface area (Å²) in [5.41, 5.74) is 3.89. The number of hydrogen-bond acceptors (Lipinski definition) is 4. The highest BCUT2D eigenvalue weighted by molar-refractivity contribution is 5.83. The summed E-state index contributed by atoms with van der Waals surface area (Å²) in [6.45, 7) is 2.89. The van der Waals surface area contributed by atoms with Gasteiger partial charge in [0.25, 0.3) is 0 Å². The average Bonchev–Trinajstić information content (AvgIpc) is 3.59. The molecule has 2 fully saturated rings. The molecule has 0 bridgehead atoms. The van der Waals surface area contributed by atoms with E-state index in [1.54, 1.807) is 4.90 Å². The second-order valence-corrected chi connectivity index (χ2v) is 10.1. The summed E-state index contributed by atoms with van der Waals surface area (Å²) in [7, 11) is 0. The minimum Gasteiger partial charge on any atom is -0.481 e. The van der Waals surface area contributed by atoms with Crippen molar-refractivity contribution >= 4 is 18.0 Å². The number of carboxylic acid groups (broad SMARTS) is 1. The highest BCUT2D eigenvalue weighted by Gasteiger charge is 2.46. The number of ether oxygens (including phenoxy) is 1. The van der Waals surface area contributed by atoms with Crippen LogP contribution in [-0.4, -0.2) is 53.7 Å². The lowest BCUT2D eigenvalue weighted by Gasteiger charge is -2.25. The number of fused-ring (bicyclic) bond motifs is 3. The first-order chi connectivity index (χ1) is 16.9. The first-order valence-corrected chi connectivity index (χ1v) is 12.6. The van der Waals surface area contributed by atoms with Crippen LogP contribution in [0.25, 0.3) is 11.1 Å². The summed E-state index contributed by atoms with van der Waals surface area (Å²) in [6, 6.07) is 16.3. The van der Waals surface area contributed by atoms with Crippen LogP contribution in [0.2, 0.25) is 0 Å². The Hall–Kier alpha value is -3.35. The zero-order valence-corrected chi connectivity index (χ0v) is 20.0. The van der Waals surface area contributed by atoms with Gasteiger partial charge in [-0.3, -0.25) is 9.59 Å². The fourth-order valence-corrected chi connectivity index (χ4v) is 6.08. The van der Waals surface area contributed by atoms with Gasteiger partial charge >= 0.3 is 12.1 Å². The lowest BCUT2D eigenvalue weighted by atomic mass is 9.84. The number of alkyl carbamates (subject to hydrolysis) is 1. The molecule has 184 valence electrons. The maximum atomic E-state index is 13.0. The van der Waals surface area contributed by atoms with Gasteiger partial charge in [-0.05, 0) is 54.4 Å². The molecule has 7 heteroatoms. The van der Waals surface area contributed by atoms with Gasteiger partial charge in [-0.15, -0.1) is 0 Å². The summed E-state index contributed by atoms with van der Waals surface area (Å²) in [5.74, 6) is -0.987. The molecule has 1 saturated carbocycles. The number of rotatable bonds is 6. The van der Waals surface area contributed by atoms with Gasteiger partial charge in [-0.1, -0.05) is 55.5 Å². The first kappa shape index (κ1) is 23.4. The van der Waals surface area contributed by atoms with Gasteiger partial charge in [0.1, 0.15) is 6.61 Å². The van der Waals surface area contributed by atoms with Gasteiger partial charge in [0.2, 0.25) is 5.91 Å². The predicted octanol–water partition coefficient (Wildman–Crippen LogP) is 4.41. The van der Waals surface area contributed by atoms with Crippen LogP contribution >= 0.6 is 0 Å². The second kappa shape index (κ2) is 9.36. The number of carbonyl (C=O) groups excluding carboxylic acids is 2. The molecular formula is C28H32N2O5. The van der Waals surface area contributed by atoms with Crippen molar-refractivity contribution < 1.29 is 24.2 Å². The summed E-state index contributed by atoms with van der Waals surface area (Å²) in [6.07, 6.45) is 2.53. The number of hydrogen-bond donors (Lipinski definition) is 2. The zero-order chi connectivity index (χ0) is 24.6. The Bertz CT molecular complexity index is 1100. The van der Waals surface area contributed by atoms with Gasteiger partial charge in [0, 0.05) is 31.0 Å². The molecule has 0 radical (unpaired) electrons. The number of nitrogens with one attached hydrogen (secondary N) is 1. The molecule has 0 spiro atoms. The van der Waals surface area contributed by atoms with E-state index in [1.165, 1.54) is 22.3 Å². The fraction of sp³-hybridized carbons (Fsp3) is 0.464. The van der Waals surface area contributed by atoms with Crippen molar-refractivity contribution in [3.05, 3.63) is 59.7 Å². The number of carbonyl (C=O) groups is 3. The van der Waals surface area contributed by atoms with Gasteiger partial charge in [-0.25, -0.2) is 4.79 Å². The second-order valence-electron chi connectivity index (χ2n) is 10.1. The van der Waals surface area contributed by atoms with Crippen molar-refractivity contribution in [2.75, 3.05) is 19.7 Å². The average molecular weight is 477 g/mol. The van der Waals surface area contributed by atoms with Crippen molar-refractivity contribution in [3.63, 3.8) is 0 Å². The van der Waals surface area contributed by atoms with Crippen molar-refractivity contribution in [2.45, 2.75) is 51.0 Å². The molecule has 2 aromatic carbocycles. The van der Waals surface area contributed by atoms with Gasteiger partial charge in [-0.2, -0.15) is 0 Å². The highest BCUT2D eigenvalue weighted by atomic mass is 16.5. The van der Waals surface area contributed by atoms with Crippen molar-refractivity contribution in [1.82, 2.24) is 10.2 Å². The number of likely N-dealkylation sites (tertiary alicyclic amines) is 1. The van der Waals surface area contributed by atoms with E-state index in [9.17, 15) is 19.5 Å². The molecule has 2 N–H and O–H groups in total. The van der Waals surface area contributed by atoms with E-state index in [-0.39, 0.29) is 36.9 Å². The van der Waals surface area contributed by atoms with Gasteiger partial charge in [0.15, 0.2) is 0 Å². The quantitative estimate of drug-likeness (QED) is 0.644. The smallest absolute Gasteiger partial charge is 0.407 e. The molecule has 3 atom stereocenters. The van der Waals surface area contributed by atoms with Crippen LogP contribution in [0.3, 0.4) is 0 Å². The Morgan fingerprint density at radius 2 is 1.71 bits per heavy atom. The van der Waals surface area contributed by atoms with Crippen LogP contribution in [0.5, 0.6) is 0 Å². The molecule has 3 aliphatic rings. The van der Waals surface area contributed by atoms with Crippen LogP contribution in [-0.2, 0) is 14.3 Å². The third-order valence-corrected chi connectivity index (χ3v) is 8.24. The topological polar surface area (TPSA) is 95.9 Å². The van der Waals surface area contributed by atoms with Gasteiger partial charge in [0.05, 0.1) is 5.41 Å². The minimum atomic E-state index is -0.826. The Balaban J connectivity index is 1.14. The van der Waals surface area contributed by atoms with Crippen LogP contribution < -0.4 is 5.32 Å². The first-order valence-electron chi connectivity index (χ1n) is 12.6. The molecule has 1 heterocycles. The van der Waals surface area contributed by atoms with E-state index in [0.717, 1.165) is 0 Å². The lowest BCUT2D eigenvalue weighted by Crippen LogP contribution is -2.39. The summed E-state index contributed by atoms with van der Waals surface area (Å²) in [4.78, 5) is 39.1. The molecule has 2 aromatic rings. The molecule has 7 nitrogen and oxygen atoms in total. The molecule has 5 rings (SSSR count). The third kappa shape index (κ3) is 4.28. The number of nitrogens with zero attached hydrogens (tertiary/aromatic N) is 1. The van der Waals surface area contributed by atoms with Gasteiger partial charge < -0.3 is 20.1 Å². The van der Waals surface area contributed by atoms with Crippen LogP contribution in [0, 0.1) is 11.3 Å². The van der Waals surface area contributed by atoms with Crippen LogP contribution in [0.4, 0.5) is 4.79 Å². The van der Waals surface area contributed by atoms with Crippen LogP contribution in [0.15, 0.2) is 48.5 Å². The molecule has 1 saturated heterocycles. The largest absolute Gasteiger partial charge is 0.481 e. The van der Waals surface area contributed by atoms with E-state index >= 15 is 0 Å². The van der Waals surface area contributed by atoms with E-state index in [4.69, 9.17) is 4.74 Å². The normalized spacial score (nSPS) is 25.2. The summed E-state index contributed by atoms with van der Waals surface area (Å²) >= 11 is 0. The van der Waals surface area contributed by atoms with E-state index in [1.807, 2.05) is 31.2 Å². The summed E-state index contributed by atoms with van der Waals surface area (Å²) in [5, 5.41) is 12.6. The van der Waals surface area contributed by atoms with Crippen LogP contribution in [0.1, 0.15) is 56.1 Å². The molecule has 35 heavy (non-hydrogen) atoms. The van der Waals surface area contributed by atoms with Crippen molar-refractivity contribution in [2.24, 2.45) is 11.3 Å². The lowest BCUT2D eigenvalue weighted by molar-refractivity contribution is -0.149. The summed E-state index contributed by atoms with van der Waals surface area (Å²) < 4.78 is 5.65. The standard InChI is InChI=1S/C28H32N2O5/c1-2-28(26(32)33)13-14-30(17-28)25(31)18-11-12-19(15-18)29-27(34)35-16-24-22-9-5-3-7-20(22)21-8-4-6-10-23(21)24/h3-10,18-19,24H,2,11-17H2,1H3,(H,29,34)(H,32,33). The number of benzene rings is 2. The molecule has 1 aliphatic heterocycles. The molecule has 3 unspecified atom stereocenters. The van der Waals surface area contributed by atoms with E-state index in [2.05, 4.69) is 29.6 Å². The maximum Gasteiger partial charge on any atom is 0.407 e. The minimum absolute atomic E-state index is 0.00860. The van der Waals surface area contributed by atoms with E-state index < -0.39 is 17.5 Å². The maximum absolute atomic E-state index is 13.0. The Labute approximate surface area is 205 Å². The zero-order valence-electron chi connectivity index (χ0n) is 20.0. The molecular weight excluding hydrogens is 444 g/mol. The molecule has 0 aromatic heterocycles. The number of carboxylic acids is 1. The molecule has 2 aliphatic carbocycles. The third-order valence-electron chi connectivity index (χ3n) is 8.24. The Morgan fingerprint density at radius 1 is 1.06 bits per heavy atom. The predicted molar refractivity (Wildman–Crippen MR) is 131 cm³/mol.